The Morgan fingerprint density at radius 1 is 1.18 bits per heavy atom. The summed E-state index contributed by atoms with van der Waals surface area (Å²) in [4.78, 5) is 0. The smallest absolute Gasteiger partial charge is 0.0143 e. The third-order valence-electron chi connectivity index (χ3n) is 3.53. The second kappa shape index (κ2) is 5.22. The minimum Gasteiger partial charge on any atom is -0.313 e. The van der Waals surface area contributed by atoms with Crippen LogP contribution in [0.25, 0.3) is 0 Å². The zero-order chi connectivity index (χ0) is 12.3. The molecule has 1 N–H and O–H groups in total. The zero-order valence-electron chi connectivity index (χ0n) is 11.4. The van der Waals surface area contributed by atoms with E-state index in [0.717, 1.165) is 12.0 Å². The summed E-state index contributed by atoms with van der Waals surface area (Å²) in [5, 5.41) is 3.68. The second-order valence-corrected chi connectivity index (χ2v) is 6.48. The van der Waals surface area contributed by atoms with Gasteiger partial charge in [-0.25, -0.2) is 0 Å². The molecule has 0 heterocycles. The van der Waals surface area contributed by atoms with Crippen LogP contribution in [-0.2, 0) is 0 Å². The highest BCUT2D eigenvalue weighted by Gasteiger charge is 2.37. The van der Waals surface area contributed by atoms with Crippen LogP contribution in [0.15, 0.2) is 30.3 Å². The van der Waals surface area contributed by atoms with Crippen LogP contribution in [0.2, 0.25) is 0 Å². The van der Waals surface area contributed by atoms with Gasteiger partial charge in [0, 0.05) is 12.0 Å². The lowest BCUT2D eigenvalue weighted by molar-refractivity contribution is 0.360. The first-order valence-corrected chi connectivity index (χ1v) is 6.84. The van der Waals surface area contributed by atoms with Gasteiger partial charge in [0.05, 0.1) is 0 Å². The van der Waals surface area contributed by atoms with Crippen molar-refractivity contribution in [3.63, 3.8) is 0 Å². The molecule has 0 radical (unpaired) electrons. The first-order valence-electron chi connectivity index (χ1n) is 6.84. The average molecular weight is 231 g/mol. The molecular formula is C16H25N. The van der Waals surface area contributed by atoms with Gasteiger partial charge in [-0.2, -0.15) is 0 Å². The monoisotopic (exact) mass is 231 g/mol. The molecule has 1 saturated carbocycles. The summed E-state index contributed by atoms with van der Waals surface area (Å²) in [6, 6.07) is 11.6. The lowest BCUT2D eigenvalue weighted by Crippen LogP contribution is -2.20. The molecule has 1 fully saturated rings. The molecular weight excluding hydrogens is 206 g/mol. The quantitative estimate of drug-likeness (QED) is 0.756. The highest BCUT2D eigenvalue weighted by Crippen LogP contribution is 2.40. The molecule has 0 spiro atoms. The Bertz CT molecular complexity index is 336. The normalized spacial score (nSPS) is 23.7. The fourth-order valence-corrected chi connectivity index (χ4v) is 2.40. The maximum Gasteiger partial charge on any atom is 0.0143 e. The molecule has 0 amide bonds. The van der Waals surface area contributed by atoms with E-state index in [9.17, 15) is 0 Å². The molecule has 1 heteroatoms. The molecule has 1 aliphatic rings. The standard InChI is InChI=1S/C16H25N/c1-16(2,3)10-7-11-17-15-12-14(15)13-8-5-4-6-9-13/h4-6,8-9,14-15,17H,7,10-12H2,1-3H3. The van der Waals surface area contributed by atoms with Gasteiger partial charge in [0.2, 0.25) is 0 Å². The van der Waals surface area contributed by atoms with Crippen LogP contribution in [-0.4, -0.2) is 12.6 Å². The minimum atomic E-state index is 0.476. The van der Waals surface area contributed by atoms with E-state index in [4.69, 9.17) is 0 Å². The Balaban J connectivity index is 1.64. The molecule has 0 saturated heterocycles. The van der Waals surface area contributed by atoms with Gasteiger partial charge in [-0.15, -0.1) is 0 Å². The van der Waals surface area contributed by atoms with Crippen LogP contribution in [0.4, 0.5) is 0 Å². The third kappa shape index (κ3) is 4.16. The summed E-state index contributed by atoms with van der Waals surface area (Å²) in [5.41, 5.74) is 1.98. The number of benzene rings is 1. The van der Waals surface area contributed by atoms with Crippen molar-refractivity contribution in [1.82, 2.24) is 5.32 Å². The Labute approximate surface area is 106 Å². The van der Waals surface area contributed by atoms with Crippen molar-refractivity contribution in [3.8, 4) is 0 Å². The van der Waals surface area contributed by atoms with E-state index in [-0.39, 0.29) is 0 Å². The summed E-state index contributed by atoms with van der Waals surface area (Å²) >= 11 is 0. The SMILES string of the molecule is CC(C)(C)CCCNC1CC1c1ccccc1. The molecule has 2 atom stereocenters. The molecule has 2 unspecified atom stereocenters. The Morgan fingerprint density at radius 2 is 1.88 bits per heavy atom. The largest absolute Gasteiger partial charge is 0.313 e. The first kappa shape index (κ1) is 12.6. The van der Waals surface area contributed by atoms with Crippen molar-refractivity contribution < 1.29 is 0 Å². The summed E-state index contributed by atoms with van der Waals surface area (Å²) in [6.07, 6.45) is 3.92. The summed E-state index contributed by atoms with van der Waals surface area (Å²) in [5.74, 6) is 0.769. The van der Waals surface area contributed by atoms with Crippen molar-refractivity contribution in [2.75, 3.05) is 6.54 Å². The average Bonchev–Trinajstić information content (AvgIpc) is 3.04. The number of nitrogens with one attached hydrogen (secondary N) is 1. The molecule has 0 aromatic heterocycles. The van der Waals surface area contributed by atoms with E-state index in [1.54, 1.807) is 0 Å². The van der Waals surface area contributed by atoms with Gasteiger partial charge in [-0.3, -0.25) is 0 Å². The second-order valence-electron chi connectivity index (χ2n) is 6.48. The molecule has 1 aromatic carbocycles. The van der Waals surface area contributed by atoms with Gasteiger partial charge in [0.25, 0.3) is 0 Å². The lowest BCUT2D eigenvalue weighted by Gasteiger charge is -2.17. The van der Waals surface area contributed by atoms with Crippen LogP contribution >= 0.6 is 0 Å². The van der Waals surface area contributed by atoms with Gasteiger partial charge in [0.1, 0.15) is 0 Å². The van der Waals surface area contributed by atoms with Crippen molar-refractivity contribution >= 4 is 0 Å². The van der Waals surface area contributed by atoms with Gasteiger partial charge in [-0.05, 0) is 36.8 Å². The van der Waals surface area contributed by atoms with Crippen LogP contribution in [0.1, 0.15) is 51.5 Å². The van der Waals surface area contributed by atoms with Crippen molar-refractivity contribution in [2.24, 2.45) is 5.41 Å². The van der Waals surface area contributed by atoms with Crippen LogP contribution in [0.3, 0.4) is 0 Å². The van der Waals surface area contributed by atoms with E-state index in [2.05, 4.69) is 56.4 Å². The topological polar surface area (TPSA) is 12.0 Å². The van der Waals surface area contributed by atoms with E-state index in [1.165, 1.54) is 31.4 Å². The van der Waals surface area contributed by atoms with E-state index in [1.807, 2.05) is 0 Å². The van der Waals surface area contributed by atoms with Gasteiger partial charge in [-0.1, -0.05) is 51.1 Å². The first-order chi connectivity index (χ1) is 8.06. The highest BCUT2D eigenvalue weighted by atomic mass is 15.0. The van der Waals surface area contributed by atoms with E-state index < -0.39 is 0 Å². The molecule has 1 nitrogen and oxygen atoms in total. The van der Waals surface area contributed by atoms with Gasteiger partial charge < -0.3 is 5.32 Å². The maximum atomic E-state index is 3.68. The van der Waals surface area contributed by atoms with Gasteiger partial charge >= 0.3 is 0 Å². The fourth-order valence-electron chi connectivity index (χ4n) is 2.40. The lowest BCUT2D eigenvalue weighted by atomic mass is 9.91. The maximum absolute atomic E-state index is 3.68. The van der Waals surface area contributed by atoms with Crippen molar-refractivity contribution in [1.29, 1.82) is 0 Å². The zero-order valence-corrected chi connectivity index (χ0v) is 11.4. The van der Waals surface area contributed by atoms with Crippen molar-refractivity contribution in [3.05, 3.63) is 35.9 Å². The van der Waals surface area contributed by atoms with Crippen molar-refractivity contribution in [2.45, 2.75) is 52.0 Å². The predicted molar refractivity (Wildman–Crippen MR) is 74.3 cm³/mol. The summed E-state index contributed by atoms with van der Waals surface area (Å²) in [6.45, 7) is 8.12. The number of hydrogen-bond donors (Lipinski definition) is 1. The highest BCUT2D eigenvalue weighted by molar-refractivity contribution is 5.27. The van der Waals surface area contributed by atoms with Crippen LogP contribution in [0, 0.1) is 5.41 Å². The molecule has 2 rings (SSSR count). The predicted octanol–water partition coefficient (Wildman–Crippen LogP) is 3.96. The molecule has 1 aromatic rings. The number of rotatable bonds is 5. The third-order valence-corrected chi connectivity index (χ3v) is 3.53. The molecule has 1 aliphatic carbocycles. The molecule has 94 valence electrons. The van der Waals surface area contributed by atoms with Crippen LogP contribution < -0.4 is 5.32 Å². The van der Waals surface area contributed by atoms with E-state index >= 15 is 0 Å². The Morgan fingerprint density at radius 3 is 2.53 bits per heavy atom. The summed E-state index contributed by atoms with van der Waals surface area (Å²) in [7, 11) is 0. The molecule has 17 heavy (non-hydrogen) atoms. The Hall–Kier alpha value is -0.820. The Kier molecular flexibility index (Phi) is 3.88. The van der Waals surface area contributed by atoms with Crippen LogP contribution in [0.5, 0.6) is 0 Å². The fraction of sp³-hybridized carbons (Fsp3) is 0.625. The molecule has 0 aliphatic heterocycles. The number of hydrogen-bond acceptors (Lipinski definition) is 1. The molecule has 0 bridgehead atoms. The summed E-state index contributed by atoms with van der Waals surface area (Å²) < 4.78 is 0. The minimum absolute atomic E-state index is 0.476. The van der Waals surface area contributed by atoms with Gasteiger partial charge in [0.15, 0.2) is 0 Å². The van der Waals surface area contributed by atoms with E-state index in [0.29, 0.717) is 5.41 Å².